The van der Waals surface area contributed by atoms with Crippen molar-refractivity contribution in [2.24, 2.45) is 0 Å². The van der Waals surface area contributed by atoms with Crippen LogP contribution in [-0.4, -0.2) is 27.8 Å². The Balaban J connectivity index is 1.94. The number of amides is 1. The van der Waals surface area contributed by atoms with Crippen molar-refractivity contribution in [2.75, 3.05) is 7.05 Å². The Labute approximate surface area is 117 Å². The van der Waals surface area contributed by atoms with Crippen LogP contribution < -0.4 is 0 Å². The summed E-state index contributed by atoms with van der Waals surface area (Å²) in [6, 6.07) is 3.87. The lowest BCUT2D eigenvalue weighted by Crippen LogP contribution is -2.27. The van der Waals surface area contributed by atoms with Crippen LogP contribution in [0.1, 0.15) is 22.0 Å². The van der Waals surface area contributed by atoms with Gasteiger partial charge in [-0.2, -0.15) is 0 Å². The van der Waals surface area contributed by atoms with Crippen molar-refractivity contribution in [2.45, 2.75) is 26.8 Å². The second-order valence-corrected chi connectivity index (χ2v) is 5.65. The average Bonchev–Trinajstić information content (AvgIpc) is 2.77. The molecule has 0 N–H and O–H groups in total. The Morgan fingerprint density at radius 1 is 1.37 bits per heavy atom. The van der Waals surface area contributed by atoms with Gasteiger partial charge in [-0.15, -0.1) is 11.3 Å². The summed E-state index contributed by atoms with van der Waals surface area (Å²) >= 11 is 1.60. The average molecular weight is 275 g/mol. The maximum atomic E-state index is 12.1. The van der Waals surface area contributed by atoms with Crippen molar-refractivity contribution < 1.29 is 4.79 Å². The fraction of sp³-hybridized carbons (Fsp3) is 0.357. The Morgan fingerprint density at radius 3 is 2.74 bits per heavy atom. The molecule has 2 heterocycles. The molecule has 0 saturated heterocycles. The summed E-state index contributed by atoms with van der Waals surface area (Å²) in [7, 11) is 1.80. The van der Waals surface area contributed by atoms with Gasteiger partial charge in [0, 0.05) is 24.3 Å². The van der Waals surface area contributed by atoms with Crippen molar-refractivity contribution in [1.29, 1.82) is 0 Å². The summed E-state index contributed by atoms with van der Waals surface area (Å²) in [5.41, 5.74) is 2.85. The van der Waals surface area contributed by atoms with Gasteiger partial charge in [0.2, 0.25) is 5.91 Å². The zero-order valence-electron chi connectivity index (χ0n) is 11.4. The van der Waals surface area contributed by atoms with Crippen molar-refractivity contribution in [3.05, 3.63) is 45.7 Å². The van der Waals surface area contributed by atoms with E-state index in [2.05, 4.69) is 9.97 Å². The SMILES string of the molecule is Cc1ccc(CC(=O)N(C)Cc2csc(C)n2)cn1. The monoisotopic (exact) mass is 275 g/mol. The van der Waals surface area contributed by atoms with Gasteiger partial charge in [-0.1, -0.05) is 6.07 Å². The minimum absolute atomic E-state index is 0.0799. The number of carbonyl (C=O) groups is 1. The highest BCUT2D eigenvalue weighted by molar-refractivity contribution is 7.09. The lowest BCUT2D eigenvalue weighted by atomic mass is 10.2. The molecule has 5 heteroatoms. The molecule has 2 aromatic heterocycles. The highest BCUT2D eigenvalue weighted by Crippen LogP contribution is 2.10. The van der Waals surface area contributed by atoms with E-state index < -0.39 is 0 Å². The molecule has 2 aromatic rings. The summed E-state index contributed by atoms with van der Waals surface area (Å²) < 4.78 is 0. The minimum Gasteiger partial charge on any atom is -0.340 e. The molecule has 19 heavy (non-hydrogen) atoms. The largest absolute Gasteiger partial charge is 0.340 e. The molecular weight excluding hydrogens is 258 g/mol. The van der Waals surface area contributed by atoms with Crippen LogP contribution in [0.4, 0.5) is 0 Å². The van der Waals surface area contributed by atoms with E-state index in [-0.39, 0.29) is 5.91 Å². The van der Waals surface area contributed by atoms with Gasteiger partial charge in [-0.05, 0) is 25.5 Å². The number of nitrogens with zero attached hydrogens (tertiary/aromatic N) is 3. The van der Waals surface area contributed by atoms with Gasteiger partial charge < -0.3 is 4.90 Å². The highest BCUT2D eigenvalue weighted by Gasteiger charge is 2.11. The third kappa shape index (κ3) is 3.86. The molecule has 0 saturated carbocycles. The van der Waals surface area contributed by atoms with Gasteiger partial charge in [-0.25, -0.2) is 4.98 Å². The molecule has 0 fully saturated rings. The first kappa shape index (κ1) is 13.7. The summed E-state index contributed by atoms with van der Waals surface area (Å²) in [4.78, 5) is 22.3. The number of thiazole rings is 1. The Kier molecular flexibility index (Phi) is 4.27. The predicted octanol–water partition coefficient (Wildman–Crippen LogP) is 2.36. The number of pyridine rings is 1. The van der Waals surface area contributed by atoms with E-state index >= 15 is 0 Å². The van der Waals surface area contributed by atoms with Crippen LogP contribution in [0.15, 0.2) is 23.7 Å². The van der Waals surface area contributed by atoms with Crippen LogP contribution in [0.5, 0.6) is 0 Å². The summed E-state index contributed by atoms with van der Waals surface area (Å²) in [5.74, 6) is 0.0799. The molecule has 0 aliphatic heterocycles. The molecule has 0 aliphatic carbocycles. The second kappa shape index (κ2) is 5.93. The van der Waals surface area contributed by atoms with Crippen molar-refractivity contribution in [1.82, 2.24) is 14.9 Å². The molecule has 0 spiro atoms. The van der Waals surface area contributed by atoms with E-state index in [1.54, 1.807) is 29.5 Å². The second-order valence-electron chi connectivity index (χ2n) is 4.59. The van der Waals surface area contributed by atoms with E-state index in [0.29, 0.717) is 13.0 Å². The minimum atomic E-state index is 0.0799. The molecule has 0 radical (unpaired) electrons. The lowest BCUT2D eigenvalue weighted by molar-refractivity contribution is -0.129. The van der Waals surface area contributed by atoms with Crippen molar-refractivity contribution >= 4 is 17.2 Å². The number of hydrogen-bond acceptors (Lipinski definition) is 4. The van der Waals surface area contributed by atoms with Gasteiger partial charge in [0.1, 0.15) is 0 Å². The fourth-order valence-corrected chi connectivity index (χ4v) is 2.33. The molecule has 0 bridgehead atoms. The van der Waals surface area contributed by atoms with Crippen molar-refractivity contribution in [3.63, 3.8) is 0 Å². The summed E-state index contributed by atoms with van der Waals surface area (Å²) in [5, 5.41) is 3.02. The standard InChI is InChI=1S/C14H17N3OS/c1-10-4-5-12(7-15-10)6-14(18)17(3)8-13-9-19-11(2)16-13/h4-5,7,9H,6,8H2,1-3H3. The Hall–Kier alpha value is -1.75. The maximum Gasteiger partial charge on any atom is 0.227 e. The van der Waals surface area contributed by atoms with E-state index in [1.807, 2.05) is 31.4 Å². The number of aryl methyl sites for hydroxylation is 2. The van der Waals surface area contributed by atoms with Crippen LogP contribution in [0.3, 0.4) is 0 Å². The molecule has 0 unspecified atom stereocenters. The maximum absolute atomic E-state index is 12.1. The van der Waals surface area contributed by atoms with Crippen LogP contribution in [0, 0.1) is 13.8 Å². The lowest BCUT2D eigenvalue weighted by Gasteiger charge is -2.15. The van der Waals surface area contributed by atoms with Crippen LogP contribution in [-0.2, 0) is 17.8 Å². The molecule has 100 valence electrons. The molecule has 4 nitrogen and oxygen atoms in total. The number of hydrogen-bond donors (Lipinski definition) is 0. The first-order valence-corrected chi connectivity index (χ1v) is 6.99. The fourth-order valence-electron chi connectivity index (χ4n) is 1.72. The molecule has 0 aromatic carbocycles. The summed E-state index contributed by atoms with van der Waals surface area (Å²) in [6.45, 7) is 4.46. The topological polar surface area (TPSA) is 46.1 Å². The smallest absolute Gasteiger partial charge is 0.227 e. The molecule has 0 aliphatic rings. The number of aromatic nitrogens is 2. The molecule has 2 rings (SSSR count). The van der Waals surface area contributed by atoms with Gasteiger partial charge in [-0.3, -0.25) is 9.78 Å². The number of likely N-dealkylation sites (N-methyl/N-ethyl adjacent to an activating group) is 1. The van der Waals surface area contributed by atoms with Gasteiger partial charge in [0.05, 0.1) is 23.7 Å². The van der Waals surface area contributed by atoms with E-state index in [0.717, 1.165) is 22.0 Å². The third-order valence-corrected chi connectivity index (χ3v) is 3.64. The van der Waals surface area contributed by atoms with Crippen molar-refractivity contribution in [3.8, 4) is 0 Å². The molecular formula is C14H17N3OS. The predicted molar refractivity (Wildman–Crippen MR) is 76.0 cm³/mol. The van der Waals surface area contributed by atoms with Gasteiger partial charge in [0.15, 0.2) is 0 Å². The number of rotatable bonds is 4. The summed E-state index contributed by atoms with van der Waals surface area (Å²) in [6.07, 6.45) is 2.14. The molecule has 0 atom stereocenters. The Morgan fingerprint density at radius 2 is 2.16 bits per heavy atom. The van der Waals surface area contributed by atoms with Gasteiger partial charge in [0.25, 0.3) is 0 Å². The van der Waals surface area contributed by atoms with Gasteiger partial charge >= 0.3 is 0 Å². The number of carbonyl (C=O) groups excluding carboxylic acids is 1. The quantitative estimate of drug-likeness (QED) is 0.860. The first-order chi connectivity index (χ1) is 9.04. The van der Waals surface area contributed by atoms with E-state index in [1.165, 1.54) is 0 Å². The first-order valence-electron chi connectivity index (χ1n) is 6.11. The normalized spacial score (nSPS) is 10.5. The Bertz CT molecular complexity index is 562. The van der Waals surface area contributed by atoms with Crippen LogP contribution >= 0.6 is 11.3 Å². The zero-order chi connectivity index (χ0) is 13.8. The van der Waals surface area contributed by atoms with E-state index in [9.17, 15) is 4.79 Å². The third-order valence-electron chi connectivity index (χ3n) is 2.82. The van der Waals surface area contributed by atoms with E-state index in [4.69, 9.17) is 0 Å². The van der Waals surface area contributed by atoms with Crippen LogP contribution in [0.25, 0.3) is 0 Å². The molecule has 1 amide bonds. The highest BCUT2D eigenvalue weighted by atomic mass is 32.1. The zero-order valence-corrected chi connectivity index (χ0v) is 12.2. The van der Waals surface area contributed by atoms with Crippen LogP contribution in [0.2, 0.25) is 0 Å².